The zero-order valence-corrected chi connectivity index (χ0v) is 11.3. The molecule has 1 fully saturated rings. The highest BCUT2D eigenvalue weighted by molar-refractivity contribution is 5.04. The number of rotatable bonds is 7. The first kappa shape index (κ1) is 13.5. The van der Waals surface area contributed by atoms with Gasteiger partial charge in [0, 0.05) is 0 Å². The maximum Gasteiger partial charge on any atom is -0.0231 e. The summed E-state index contributed by atoms with van der Waals surface area (Å²) in [5.74, 6) is 1.72. The Bertz CT molecular complexity index is 230. The summed E-state index contributed by atoms with van der Waals surface area (Å²) in [6, 6.07) is 0. The van der Waals surface area contributed by atoms with Crippen molar-refractivity contribution in [1.29, 1.82) is 0 Å². The fourth-order valence-corrected chi connectivity index (χ4v) is 2.27. The van der Waals surface area contributed by atoms with Crippen molar-refractivity contribution in [2.75, 3.05) is 0 Å². The third-order valence-corrected chi connectivity index (χ3v) is 3.75. The number of hydrogen-bond acceptors (Lipinski definition) is 0. The zero-order valence-electron chi connectivity index (χ0n) is 11.3. The van der Waals surface area contributed by atoms with Crippen molar-refractivity contribution in [2.24, 2.45) is 11.8 Å². The van der Waals surface area contributed by atoms with Gasteiger partial charge in [0.05, 0.1) is 0 Å². The van der Waals surface area contributed by atoms with Gasteiger partial charge in [-0.15, -0.1) is 0 Å². The van der Waals surface area contributed by atoms with Crippen molar-refractivity contribution >= 4 is 0 Å². The predicted octanol–water partition coefficient (Wildman–Crippen LogP) is 5.51. The van der Waals surface area contributed by atoms with E-state index in [1.165, 1.54) is 44.9 Å². The lowest BCUT2D eigenvalue weighted by atomic mass is 9.83. The van der Waals surface area contributed by atoms with Gasteiger partial charge in [-0.2, -0.15) is 0 Å². The molecule has 1 saturated carbocycles. The van der Waals surface area contributed by atoms with Gasteiger partial charge in [-0.25, -0.2) is 0 Å². The topological polar surface area (TPSA) is 0 Å². The van der Waals surface area contributed by atoms with E-state index in [0.29, 0.717) is 0 Å². The van der Waals surface area contributed by atoms with E-state index in [4.69, 9.17) is 0 Å². The van der Waals surface area contributed by atoms with Crippen LogP contribution < -0.4 is 0 Å². The van der Waals surface area contributed by atoms with E-state index in [9.17, 15) is 0 Å². The van der Waals surface area contributed by atoms with Crippen molar-refractivity contribution < 1.29 is 0 Å². The molecule has 0 aromatic heterocycles. The number of allylic oxidation sites excluding steroid dienone is 4. The van der Waals surface area contributed by atoms with Gasteiger partial charge in [-0.05, 0) is 57.3 Å². The standard InChI is InChI=1S/C16H28/c1-4-6-8-15(5-2)12-11-14(3)13-16-9-7-10-16/h6,8,13,15-16H,4-5,7,9-12H2,1-3H3. The summed E-state index contributed by atoms with van der Waals surface area (Å²) < 4.78 is 0. The van der Waals surface area contributed by atoms with E-state index in [1.54, 1.807) is 5.57 Å². The molecule has 1 atom stereocenters. The maximum atomic E-state index is 2.53. The van der Waals surface area contributed by atoms with Gasteiger partial charge >= 0.3 is 0 Å². The second-order valence-electron chi connectivity index (χ2n) is 5.25. The molecule has 1 unspecified atom stereocenters. The van der Waals surface area contributed by atoms with Crippen LogP contribution in [-0.4, -0.2) is 0 Å². The fourth-order valence-electron chi connectivity index (χ4n) is 2.27. The Kier molecular flexibility index (Phi) is 6.52. The summed E-state index contributed by atoms with van der Waals surface area (Å²) in [7, 11) is 0. The first-order valence-electron chi connectivity index (χ1n) is 7.10. The van der Waals surface area contributed by atoms with Crippen LogP contribution in [0.4, 0.5) is 0 Å². The van der Waals surface area contributed by atoms with Crippen molar-refractivity contribution in [2.45, 2.75) is 65.7 Å². The zero-order chi connectivity index (χ0) is 11.8. The average Bonchev–Trinajstić information content (AvgIpc) is 2.24. The molecule has 1 rings (SSSR count). The third kappa shape index (κ3) is 5.01. The van der Waals surface area contributed by atoms with Crippen LogP contribution in [0.5, 0.6) is 0 Å². The minimum Gasteiger partial charge on any atom is -0.0885 e. The molecule has 0 aliphatic heterocycles. The molecule has 0 saturated heterocycles. The Labute approximate surface area is 102 Å². The largest absolute Gasteiger partial charge is 0.0885 e. The minimum absolute atomic E-state index is 0.796. The van der Waals surface area contributed by atoms with Crippen molar-refractivity contribution in [1.82, 2.24) is 0 Å². The molecule has 0 radical (unpaired) electrons. The second kappa shape index (κ2) is 7.70. The maximum absolute atomic E-state index is 2.53. The summed E-state index contributed by atoms with van der Waals surface area (Å²) in [5, 5.41) is 0. The molecule has 0 aromatic rings. The first-order valence-corrected chi connectivity index (χ1v) is 7.10. The van der Waals surface area contributed by atoms with Gasteiger partial charge in [0.25, 0.3) is 0 Å². The lowest BCUT2D eigenvalue weighted by Crippen LogP contribution is -2.08. The minimum atomic E-state index is 0.796. The summed E-state index contributed by atoms with van der Waals surface area (Å²) in [5.41, 5.74) is 1.62. The average molecular weight is 220 g/mol. The quantitative estimate of drug-likeness (QED) is 0.497. The van der Waals surface area contributed by atoms with Gasteiger partial charge in [0.1, 0.15) is 0 Å². The van der Waals surface area contributed by atoms with Crippen LogP contribution in [0.3, 0.4) is 0 Å². The van der Waals surface area contributed by atoms with Crippen LogP contribution in [0.1, 0.15) is 65.7 Å². The van der Waals surface area contributed by atoms with Crippen LogP contribution >= 0.6 is 0 Å². The Morgan fingerprint density at radius 3 is 2.56 bits per heavy atom. The normalized spacial score (nSPS) is 20.1. The van der Waals surface area contributed by atoms with Crippen LogP contribution in [0.15, 0.2) is 23.8 Å². The molecule has 1 aliphatic rings. The van der Waals surface area contributed by atoms with Gasteiger partial charge in [0.15, 0.2) is 0 Å². The third-order valence-electron chi connectivity index (χ3n) is 3.75. The lowest BCUT2D eigenvalue weighted by molar-refractivity contribution is 0.385. The second-order valence-corrected chi connectivity index (χ2v) is 5.25. The van der Waals surface area contributed by atoms with E-state index in [-0.39, 0.29) is 0 Å². The van der Waals surface area contributed by atoms with Crippen LogP contribution in [0.25, 0.3) is 0 Å². The highest BCUT2D eigenvalue weighted by Gasteiger charge is 2.14. The molecule has 1 aliphatic carbocycles. The molecule has 92 valence electrons. The highest BCUT2D eigenvalue weighted by Crippen LogP contribution is 2.29. The summed E-state index contributed by atoms with van der Waals surface area (Å²) >= 11 is 0. The van der Waals surface area contributed by atoms with Gasteiger partial charge in [-0.1, -0.05) is 44.1 Å². The SMILES string of the molecule is CCC=CC(CC)CCC(C)=CC1CCC1. The smallest absolute Gasteiger partial charge is 0.0231 e. The first-order chi connectivity index (χ1) is 7.76. The van der Waals surface area contributed by atoms with E-state index >= 15 is 0 Å². The molecule has 0 bridgehead atoms. The van der Waals surface area contributed by atoms with E-state index < -0.39 is 0 Å². The molecule has 0 spiro atoms. The fraction of sp³-hybridized carbons (Fsp3) is 0.750. The van der Waals surface area contributed by atoms with Crippen molar-refractivity contribution in [3.8, 4) is 0 Å². The summed E-state index contributed by atoms with van der Waals surface area (Å²) in [4.78, 5) is 0. The van der Waals surface area contributed by atoms with Gasteiger partial charge in [0.2, 0.25) is 0 Å². The molecule has 0 amide bonds. The molecule has 16 heavy (non-hydrogen) atoms. The van der Waals surface area contributed by atoms with Crippen LogP contribution in [0.2, 0.25) is 0 Å². The lowest BCUT2D eigenvalue weighted by Gasteiger charge is -2.22. The molecular weight excluding hydrogens is 192 g/mol. The Balaban J connectivity index is 2.24. The highest BCUT2D eigenvalue weighted by atomic mass is 14.2. The Morgan fingerprint density at radius 1 is 1.31 bits per heavy atom. The van der Waals surface area contributed by atoms with Crippen molar-refractivity contribution in [3.63, 3.8) is 0 Å². The Hall–Kier alpha value is -0.520. The monoisotopic (exact) mass is 220 g/mol. The van der Waals surface area contributed by atoms with E-state index in [1.807, 2.05) is 0 Å². The molecule has 0 heterocycles. The summed E-state index contributed by atoms with van der Waals surface area (Å²) in [6.45, 7) is 6.83. The molecule has 0 nitrogen and oxygen atoms in total. The molecular formula is C16H28. The van der Waals surface area contributed by atoms with Crippen molar-refractivity contribution in [3.05, 3.63) is 23.8 Å². The molecule has 0 heteroatoms. The number of hydrogen-bond donors (Lipinski definition) is 0. The van der Waals surface area contributed by atoms with Crippen LogP contribution in [-0.2, 0) is 0 Å². The van der Waals surface area contributed by atoms with Gasteiger partial charge < -0.3 is 0 Å². The predicted molar refractivity (Wildman–Crippen MR) is 73.5 cm³/mol. The van der Waals surface area contributed by atoms with E-state index in [0.717, 1.165) is 11.8 Å². The molecule has 0 aromatic carbocycles. The summed E-state index contributed by atoms with van der Waals surface area (Å²) in [6.07, 6.45) is 16.7. The molecule has 0 N–H and O–H groups in total. The van der Waals surface area contributed by atoms with E-state index in [2.05, 4.69) is 39.0 Å². The van der Waals surface area contributed by atoms with Gasteiger partial charge in [-0.3, -0.25) is 0 Å². The Morgan fingerprint density at radius 2 is 2.06 bits per heavy atom. The van der Waals surface area contributed by atoms with Crippen LogP contribution in [0, 0.1) is 11.8 Å².